The number of anilines is 6. The predicted octanol–water partition coefficient (Wildman–Crippen LogP) is 17.3. The van der Waals surface area contributed by atoms with Crippen LogP contribution in [0.4, 0.5) is 34.1 Å². The van der Waals surface area contributed by atoms with E-state index >= 15 is 0 Å². The van der Waals surface area contributed by atoms with Gasteiger partial charge in [-0.15, -0.1) is 0 Å². The molecule has 0 saturated carbocycles. The van der Waals surface area contributed by atoms with E-state index in [0.29, 0.717) is 5.92 Å². The molecule has 0 atom stereocenters. The maximum absolute atomic E-state index is 6.99. The largest absolute Gasteiger partial charge is 0.456 e. The normalized spacial score (nSPS) is 12.0. The van der Waals surface area contributed by atoms with Gasteiger partial charge in [0.15, 0.2) is 0 Å². The lowest BCUT2D eigenvalue weighted by Gasteiger charge is -2.30. The minimum atomic E-state index is 0.372. The first-order valence-corrected chi connectivity index (χ1v) is 21.5. The van der Waals surface area contributed by atoms with E-state index in [9.17, 15) is 0 Å². The summed E-state index contributed by atoms with van der Waals surface area (Å²) in [4.78, 5) is 4.75. The van der Waals surface area contributed by atoms with Crippen molar-refractivity contribution < 1.29 is 4.74 Å². The van der Waals surface area contributed by atoms with Gasteiger partial charge < -0.3 is 14.5 Å². The van der Waals surface area contributed by atoms with Gasteiger partial charge in [0.25, 0.3) is 0 Å². The summed E-state index contributed by atoms with van der Waals surface area (Å²) in [5.74, 6) is 2.09. The average Bonchev–Trinajstić information content (AvgIpc) is 3.32. The number of benzene rings is 11. The van der Waals surface area contributed by atoms with Crippen molar-refractivity contribution in [1.82, 2.24) is 0 Å². The highest BCUT2D eigenvalue weighted by atomic mass is 16.5. The lowest BCUT2D eigenvalue weighted by Crippen LogP contribution is -2.11. The first kappa shape index (κ1) is 36.0. The zero-order valence-corrected chi connectivity index (χ0v) is 34.6. The molecule has 0 fully saturated rings. The Morgan fingerprint density at radius 1 is 0.339 bits per heavy atom. The Morgan fingerprint density at radius 2 is 0.903 bits per heavy atom. The van der Waals surface area contributed by atoms with Gasteiger partial charge in [-0.2, -0.15) is 0 Å². The van der Waals surface area contributed by atoms with Gasteiger partial charge in [-0.1, -0.05) is 141 Å². The van der Waals surface area contributed by atoms with Crippen LogP contribution in [0.3, 0.4) is 0 Å². The number of hydrogen-bond donors (Lipinski definition) is 0. The van der Waals surface area contributed by atoms with Crippen LogP contribution in [0.15, 0.2) is 212 Å². The Morgan fingerprint density at radius 3 is 1.58 bits per heavy atom. The van der Waals surface area contributed by atoms with E-state index in [-0.39, 0.29) is 0 Å². The molecule has 294 valence electrons. The average molecular weight is 795 g/mol. The lowest BCUT2D eigenvalue weighted by molar-refractivity contribution is 0.487. The summed E-state index contributed by atoms with van der Waals surface area (Å²) in [6.07, 6.45) is 0. The first-order chi connectivity index (χ1) is 30.6. The zero-order valence-electron chi connectivity index (χ0n) is 34.6. The molecular formula is C59H42N2O. The quantitative estimate of drug-likeness (QED) is 0.149. The molecule has 62 heavy (non-hydrogen) atoms. The van der Waals surface area contributed by atoms with Crippen LogP contribution >= 0.6 is 0 Å². The minimum Gasteiger partial charge on any atom is -0.456 e. The Kier molecular flexibility index (Phi) is 8.36. The molecule has 0 radical (unpaired) electrons. The van der Waals surface area contributed by atoms with Crippen molar-refractivity contribution in [3.05, 3.63) is 218 Å². The second-order valence-electron chi connectivity index (χ2n) is 16.7. The standard InChI is InChI=1S/C59H42N2O/c1-38(2)41-26-30-49-52(34-41)53-36-55-50-31-29-48(60(44-18-5-3-6-19-44)46-27-24-39-14-9-11-16-42(39)32-46)35-58(50)62-57-23-13-22-51(59(55)57)54(53)37-56(49)61(45-20-7-4-8-21-45)47-28-25-40-15-10-12-17-43(40)33-47/h3-38H,1-2H3. The van der Waals surface area contributed by atoms with Crippen molar-refractivity contribution in [2.24, 2.45) is 0 Å². The number of rotatable bonds is 7. The van der Waals surface area contributed by atoms with Crippen LogP contribution in [0.2, 0.25) is 0 Å². The summed E-state index contributed by atoms with van der Waals surface area (Å²) in [6.45, 7) is 4.57. The van der Waals surface area contributed by atoms with Crippen LogP contribution in [0, 0.1) is 0 Å². The van der Waals surface area contributed by atoms with Crippen molar-refractivity contribution in [2.45, 2.75) is 19.8 Å². The molecule has 11 aromatic carbocycles. The predicted molar refractivity (Wildman–Crippen MR) is 263 cm³/mol. The third-order valence-corrected chi connectivity index (χ3v) is 12.7. The first-order valence-electron chi connectivity index (χ1n) is 21.5. The highest BCUT2D eigenvalue weighted by molar-refractivity contribution is 6.26. The highest BCUT2D eigenvalue weighted by Crippen LogP contribution is 2.53. The fourth-order valence-electron chi connectivity index (χ4n) is 9.65. The molecule has 0 unspecified atom stereocenters. The second-order valence-corrected chi connectivity index (χ2v) is 16.7. The van der Waals surface area contributed by atoms with Crippen LogP contribution < -0.4 is 14.5 Å². The van der Waals surface area contributed by atoms with Gasteiger partial charge in [0.05, 0.1) is 5.69 Å². The molecule has 3 nitrogen and oxygen atoms in total. The summed E-state index contributed by atoms with van der Waals surface area (Å²) in [7, 11) is 0. The smallest absolute Gasteiger partial charge is 0.137 e. The second kappa shape index (κ2) is 14.4. The molecule has 0 spiro atoms. The summed E-state index contributed by atoms with van der Waals surface area (Å²) in [5.41, 5.74) is 10.2. The van der Waals surface area contributed by atoms with Gasteiger partial charge in [0, 0.05) is 50.8 Å². The number of ether oxygens (including phenoxy) is 1. The van der Waals surface area contributed by atoms with Crippen LogP contribution in [0.5, 0.6) is 11.5 Å². The van der Waals surface area contributed by atoms with Crippen LogP contribution in [-0.2, 0) is 0 Å². The van der Waals surface area contributed by atoms with Crippen LogP contribution in [0.25, 0.3) is 65.0 Å². The van der Waals surface area contributed by atoms with Crippen molar-refractivity contribution in [3.63, 3.8) is 0 Å². The molecule has 0 aromatic heterocycles. The fraction of sp³-hybridized carbons (Fsp3) is 0.0508. The molecule has 3 heteroatoms. The Bertz CT molecular complexity index is 3540. The molecule has 0 amide bonds. The topological polar surface area (TPSA) is 15.7 Å². The summed E-state index contributed by atoms with van der Waals surface area (Å²) in [5, 5.41) is 12.1. The van der Waals surface area contributed by atoms with Crippen molar-refractivity contribution in [1.29, 1.82) is 0 Å². The Balaban J connectivity index is 1.09. The lowest BCUT2D eigenvalue weighted by atomic mass is 9.87. The van der Waals surface area contributed by atoms with Crippen molar-refractivity contribution in [2.75, 3.05) is 9.80 Å². The van der Waals surface area contributed by atoms with Crippen molar-refractivity contribution in [3.8, 4) is 22.6 Å². The summed E-state index contributed by atoms with van der Waals surface area (Å²) >= 11 is 0. The maximum Gasteiger partial charge on any atom is 0.137 e. The maximum atomic E-state index is 6.99. The molecule has 0 bridgehead atoms. The van der Waals surface area contributed by atoms with E-state index in [1.54, 1.807) is 0 Å². The molecular weight excluding hydrogens is 753 g/mol. The van der Waals surface area contributed by atoms with E-state index < -0.39 is 0 Å². The van der Waals surface area contributed by atoms with E-state index in [4.69, 9.17) is 4.74 Å². The molecule has 1 heterocycles. The van der Waals surface area contributed by atoms with Gasteiger partial charge in [-0.05, 0) is 139 Å². The Labute approximate surface area is 361 Å². The molecule has 0 N–H and O–H groups in total. The zero-order chi connectivity index (χ0) is 41.3. The monoisotopic (exact) mass is 794 g/mol. The van der Waals surface area contributed by atoms with Gasteiger partial charge >= 0.3 is 0 Å². The van der Waals surface area contributed by atoms with E-state index in [2.05, 4.69) is 236 Å². The molecule has 12 rings (SSSR count). The number of hydrogen-bond acceptors (Lipinski definition) is 3. The minimum absolute atomic E-state index is 0.372. The molecule has 11 aromatic rings. The highest BCUT2D eigenvalue weighted by Gasteiger charge is 2.26. The van der Waals surface area contributed by atoms with Crippen LogP contribution in [0.1, 0.15) is 25.3 Å². The van der Waals surface area contributed by atoms with Gasteiger partial charge in [-0.3, -0.25) is 0 Å². The van der Waals surface area contributed by atoms with Crippen LogP contribution in [-0.4, -0.2) is 0 Å². The third kappa shape index (κ3) is 5.89. The molecule has 1 aliphatic heterocycles. The number of para-hydroxylation sites is 2. The SMILES string of the molecule is CC(C)c1ccc2c(N(c3ccccc3)c3ccc4ccccc4c3)cc3c4cccc5c4c(cc3c2c1)-c1ccc(N(c2ccccc2)c2ccc3ccccc3c2)cc1O5. The van der Waals surface area contributed by atoms with Crippen molar-refractivity contribution >= 4 is 88.0 Å². The van der Waals surface area contributed by atoms with Gasteiger partial charge in [0.1, 0.15) is 11.5 Å². The van der Waals surface area contributed by atoms with Gasteiger partial charge in [0.2, 0.25) is 0 Å². The van der Waals surface area contributed by atoms with Gasteiger partial charge in [-0.25, -0.2) is 0 Å². The Hall–Kier alpha value is -7.88. The van der Waals surface area contributed by atoms with E-state index in [1.165, 1.54) is 59.6 Å². The molecule has 0 aliphatic carbocycles. The van der Waals surface area contributed by atoms with E-state index in [0.717, 1.165) is 56.6 Å². The summed E-state index contributed by atoms with van der Waals surface area (Å²) < 4.78 is 6.99. The fourth-order valence-corrected chi connectivity index (χ4v) is 9.65. The molecule has 1 aliphatic rings. The van der Waals surface area contributed by atoms with E-state index in [1.807, 2.05) is 0 Å². The molecule has 0 saturated heterocycles. The number of fused-ring (bicyclic) bond motifs is 8. The third-order valence-electron chi connectivity index (χ3n) is 12.7. The number of nitrogens with zero attached hydrogens (tertiary/aromatic N) is 2. The summed E-state index contributed by atoms with van der Waals surface area (Å²) in [6, 6.07) is 77.2.